The SMILES string of the molecule is CC(C(=O)O)N(C)C(=O)N(C)CC1CCCOC1. The second-order valence-corrected chi connectivity index (χ2v) is 4.87. The smallest absolute Gasteiger partial charge is 0.326 e. The number of carbonyl (C=O) groups is 2. The van der Waals surface area contributed by atoms with E-state index in [1.807, 2.05) is 0 Å². The maximum atomic E-state index is 12.0. The van der Waals surface area contributed by atoms with Gasteiger partial charge in [0, 0.05) is 33.2 Å². The second-order valence-electron chi connectivity index (χ2n) is 4.87. The lowest BCUT2D eigenvalue weighted by atomic mass is 10.0. The Kier molecular flexibility index (Phi) is 5.40. The maximum absolute atomic E-state index is 12.0. The summed E-state index contributed by atoms with van der Waals surface area (Å²) < 4.78 is 5.36. The highest BCUT2D eigenvalue weighted by molar-refractivity contribution is 5.82. The lowest BCUT2D eigenvalue weighted by Crippen LogP contribution is -2.48. The summed E-state index contributed by atoms with van der Waals surface area (Å²) in [5, 5.41) is 8.87. The number of likely N-dealkylation sites (N-methyl/N-ethyl adjacent to an activating group) is 1. The third kappa shape index (κ3) is 3.87. The van der Waals surface area contributed by atoms with Crippen molar-refractivity contribution in [2.45, 2.75) is 25.8 Å². The van der Waals surface area contributed by atoms with Gasteiger partial charge in [-0.05, 0) is 19.8 Å². The molecule has 0 spiro atoms. The summed E-state index contributed by atoms with van der Waals surface area (Å²) in [6, 6.07) is -1.09. The van der Waals surface area contributed by atoms with Gasteiger partial charge in [0.15, 0.2) is 0 Å². The van der Waals surface area contributed by atoms with Gasteiger partial charge in [-0.1, -0.05) is 0 Å². The first-order valence-corrected chi connectivity index (χ1v) is 6.22. The molecule has 2 unspecified atom stereocenters. The van der Waals surface area contributed by atoms with E-state index in [1.54, 1.807) is 11.9 Å². The van der Waals surface area contributed by atoms with Crippen molar-refractivity contribution in [2.75, 3.05) is 33.9 Å². The fourth-order valence-electron chi connectivity index (χ4n) is 2.02. The molecule has 0 bridgehead atoms. The Morgan fingerprint density at radius 2 is 2.11 bits per heavy atom. The quantitative estimate of drug-likeness (QED) is 0.812. The predicted molar refractivity (Wildman–Crippen MR) is 66.4 cm³/mol. The molecule has 2 amide bonds. The molecule has 0 aromatic rings. The molecule has 1 N–H and O–H groups in total. The molecule has 1 fully saturated rings. The molecule has 1 saturated heterocycles. The number of carbonyl (C=O) groups excluding carboxylic acids is 1. The first kappa shape index (κ1) is 14.8. The number of nitrogens with zero attached hydrogens (tertiary/aromatic N) is 2. The molecule has 1 aliphatic rings. The van der Waals surface area contributed by atoms with Crippen LogP contribution in [0.15, 0.2) is 0 Å². The minimum absolute atomic E-state index is 0.268. The van der Waals surface area contributed by atoms with Gasteiger partial charge in [0.2, 0.25) is 0 Å². The molecule has 0 aromatic heterocycles. The minimum Gasteiger partial charge on any atom is -0.480 e. The summed E-state index contributed by atoms with van der Waals surface area (Å²) >= 11 is 0. The second kappa shape index (κ2) is 6.58. The molecule has 6 heteroatoms. The Morgan fingerprint density at radius 3 is 2.61 bits per heavy atom. The zero-order valence-electron chi connectivity index (χ0n) is 11.3. The standard InChI is InChI=1S/C12H22N2O4/c1-9(11(15)16)14(3)12(17)13(2)7-10-5-4-6-18-8-10/h9-10H,4-8H2,1-3H3,(H,15,16). The van der Waals surface area contributed by atoms with Crippen LogP contribution >= 0.6 is 0 Å². The van der Waals surface area contributed by atoms with Gasteiger partial charge in [0.1, 0.15) is 6.04 Å². The zero-order chi connectivity index (χ0) is 13.7. The van der Waals surface area contributed by atoms with Crippen molar-refractivity contribution in [3.63, 3.8) is 0 Å². The molecule has 1 heterocycles. The van der Waals surface area contributed by atoms with Gasteiger partial charge >= 0.3 is 12.0 Å². The van der Waals surface area contributed by atoms with E-state index in [0.29, 0.717) is 19.1 Å². The summed E-state index contributed by atoms with van der Waals surface area (Å²) in [6.45, 7) is 3.58. The predicted octanol–water partition coefficient (Wildman–Crippen LogP) is 0.870. The zero-order valence-corrected chi connectivity index (χ0v) is 11.3. The molecule has 104 valence electrons. The van der Waals surface area contributed by atoms with Gasteiger partial charge in [0.25, 0.3) is 0 Å². The number of hydrogen-bond acceptors (Lipinski definition) is 3. The maximum Gasteiger partial charge on any atom is 0.326 e. The number of rotatable bonds is 4. The highest BCUT2D eigenvalue weighted by atomic mass is 16.5. The van der Waals surface area contributed by atoms with Crippen LogP contribution < -0.4 is 0 Å². The number of aliphatic carboxylic acids is 1. The Morgan fingerprint density at radius 1 is 1.44 bits per heavy atom. The molecule has 18 heavy (non-hydrogen) atoms. The number of carboxylic acid groups (broad SMARTS) is 1. The lowest BCUT2D eigenvalue weighted by molar-refractivity contribution is -0.141. The van der Waals surface area contributed by atoms with E-state index < -0.39 is 12.0 Å². The van der Waals surface area contributed by atoms with Gasteiger partial charge in [-0.25, -0.2) is 9.59 Å². The third-order valence-corrected chi connectivity index (χ3v) is 3.35. The van der Waals surface area contributed by atoms with E-state index >= 15 is 0 Å². The Bertz CT molecular complexity index is 302. The summed E-state index contributed by atoms with van der Waals surface area (Å²) in [5.74, 6) is -0.651. The van der Waals surface area contributed by atoms with Crippen LogP contribution in [0, 0.1) is 5.92 Å². The van der Waals surface area contributed by atoms with Crippen LogP contribution in [0.4, 0.5) is 4.79 Å². The van der Waals surface area contributed by atoms with E-state index in [1.165, 1.54) is 18.9 Å². The fourth-order valence-corrected chi connectivity index (χ4v) is 2.02. The van der Waals surface area contributed by atoms with Crippen LogP contribution in [0.3, 0.4) is 0 Å². The van der Waals surface area contributed by atoms with E-state index in [0.717, 1.165) is 19.4 Å². The molecule has 1 rings (SSSR count). The number of hydrogen-bond donors (Lipinski definition) is 1. The molecular formula is C12H22N2O4. The van der Waals surface area contributed by atoms with E-state index in [9.17, 15) is 9.59 Å². The first-order chi connectivity index (χ1) is 8.43. The lowest BCUT2D eigenvalue weighted by Gasteiger charge is -2.31. The minimum atomic E-state index is -1.000. The van der Waals surface area contributed by atoms with Crippen molar-refractivity contribution in [3.05, 3.63) is 0 Å². The van der Waals surface area contributed by atoms with Crippen molar-refractivity contribution in [2.24, 2.45) is 5.92 Å². The highest BCUT2D eigenvalue weighted by Crippen LogP contribution is 2.15. The molecule has 6 nitrogen and oxygen atoms in total. The normalized spacial score (nSPS) is 21.2. The topological polar surface area (TPSA) is 70.1 Å². The molecular weight excluding hydrogens is 236 g/mol. The highest BCUT2D eigenvalue weighted by Gasteiger charge is 2.26. The Balaban J connectivity index is 2.46. The van der Waals surface area contributed by atoms with Gasteiger partial charge in [-0.3, -0.25) is 0 Å². The summed E-state index contributed by atoms with van der Waals surface area (Å²) in [4.78, 5) is 25.6. The van der Waals surface area contributed by atoms with Gasteiger partial charge < -0.3 is 19.6 Å². The van der Waals surface area contributed by atoms with Gasteiger partial charge in [-0.15, -0.1) is 0 Å². The molecule has 1 aliphatic heterocycles. The van der Waals surface area contributed by atoms with Gasteiger partial charge in [-0.2, -0.15) is 0 Å². The number of ether oxygens (including phenoxy) is 1. The first-order valence-electron chi connectivity index (χ1n) is 6.22. The molecule has 0 aromatic carbocycles. The summed E-state index contributed by atoms with van der Waals surface area (Å²) in [5.41, 5.74) is 0. The van der Waals surface area contributed by atoms with Crippen LogP contribution in [0.2, 0.25) is 0 Å². The van der Waals surface area contributed by atoms with Crippen molar-refractivity contribution >= 4 is 12.0 Å². The van der Waals surface area contributed by atoms with Crippen LogP contribution in [-0.4, -0.2) is 66.8 Å². The molecule has 0 aliphatic carbocycles. The van der Waals surface area contributed by atoms with Crippen molar-refractivity contribution in [1.29, 1.82) is 0 Å². The van der Waals surface area contributed by atoms with Crippen molar-refractivity contribution in [1.82, 2.24) is 9.80 Å². The monoisotopic (exact) mass is 258 g/mol. The third-order valence-electron chi connectivity index (χ3n) is 3.35. The molecule has 2 atom stereocenters. The van der Waals surface area contributed by atoms with Crippen molar-refractivity contribution in [3.8, 4) is 0 Å². The number of urea groups is 1. The molecule has 0 saturated carbocycles. The molecule has 0 radical (unpaired) electrons. The number of carboxylic acids is 1. The van der Waals surface area contributed by atoms with E-state index in [-0.39, 0.29) is 6.03 Å². The average Bonchev–Trinajstić information content (AvgIpc) is 2.37. The van der Waals surface area contributed by atoms with E-state index in [4.69, 9.17) is 9.84 Å². The van der Waals surface area contributed by atoms with E-state index in [2.05, 4.69) is 0 Å². The van der Waals surface area contributed by atoms with Gasteiger partial charge in [0.05, 0.1) is 6.61 Å². The Hall–Kier alpha value is -1.30. The largest absolute Gasteiger partial charge is 0.480 e. The van der Waals surface area contributed by atoms with Crippen molar-refractivity contribution < 1.29 is 19.4 Å². The number of amides is 2. The van der Waals surface area contributed by atoms with Crippen LogP contribution in [0.1, 0.15) is 19.8 Å². The average molecular weight is 258 g/mol. The van der Waals surface area contributed by atoms with Crippen LogP contribution in [-0.2, 0) is 9.53 Å². The van der Waals surface area contributed by atoms with Crippen LogP contribution in [0.5, 0.6) is 0 Å². The summed E-state index contributed by atoms with van der Waals surface area (Å²) in [6.07, 6.45) is 2.07. The Labute approximate surface area is 107 Å². The van der Waals surface area contributed by atoms with Crippen LogP contribution in [0.25, 0.3) is 0 Å². The fraction of sp³-hybridized carbons (Fsp3) is 0.833. The summed E-state index contributed by atoms with van der Waals surface area (Å²) in [7, 11) is 3.21.